The monoisotopic (exact) mass is 295 g/mol. The smallest absolute Gasteiger partial charge is 0.345 e. The maximum absolute atomic E-state index is 11.9. The normalized spacial score (nSPS) is 19.5. The van der Waals surface area contributed by atoms with E-state index >= 15 is 0 Å². The molecule has 1 rings (SSSR count). The Morgan fingerprint density at radius 3 is 2.50 bits per heavy atom. The number of hydrogen-bond donors (Lipinski definition) is 2. The van der Waals surface area contributed by atoms with Crippen LogP contribution in [0.3, 0.4) is 0 Å². The Hall–Kier alpha value is -1.80. The first kappa shape index (κ1) is 16.3. The molecule has 0 aromatic heterocycles. The summed E-state index contributed by atoms with van der Waals surface area (Å²) in [6.07, 6.45) is -4.13. The predicted octanol–water partition coefficient (Wildman–Crippen LogP) is 0.631. The third-order valence-electron chi connectivity index (χ3n) is 2.60. The maximum Gasteiger partial charge on any atom is 0.405 e. The summed E-state index contributed by atoms with van der Waals surface area (Å²) < 4.78 is 35.7. The number of urea groups is 1. The summed E-state index contributed by atoms with van der Waals surface area (Å²) in [4.78, 5) is 35.2. The van der Waals surface area contributed by atoms with Gasteiger partial charge in [-0.2, -0.15) is 13.2 Å². The highest BCUT2D eigenvalue weighted by molar-refractivity contribution is 6.06. The third-order valence-corrected chi connectivity index (χ3v) is 2.60. The molecule has 6 nitrogen and oxygen atoms in total. The van der Waals surface area contributed by atoms with Gasteiger partial charge in [-0.3, -0.25) is 14.5 Å². The van der Waals surface area contributed by atoms with Gasteiger partial charge >= 0.3 is 12.2 Å². The van der Waals surface area contributed by atoms with Crippen molar-refractivity contribution in [2.45, 2.75) is 32.5 Å². The summed E-state index contributed by atoms with van der Waals surface area (Å²) in [5.74, 6) is -1.47. The van der Waals surface area contributed by atoms with E-state index in [9.17, 15) is 27.6 Å². The molecule has 1 saturated heterocycles. The Labute approximate surface area is 113 Å². The van der Waals surface area contributed by atoms with Crippen LogP contribution < -0.4 is 10.6 Å². The van der Waals surface area contributed by atoms with Crippen LogP contribution >= 0.6 is 0 Å². The number of alkyl halides is 3. The van der Waals surface area contributed by atoms with Crippen LogP contribution in [0.25, 0.3) is 0 Å². The van der Waals surface area contributed by atoms with Crippen molar-refractivity contribution in [3.63, 3.8) is 0 Å². The van der Waals surface area contributed by atoms with Crippen molar-refractivity contribution < 1.29 is 27.6 Å². The second kappa shape index (κ2) is 6.10. The molecule has 0 aromatic rings. The van der Waals surface area contributed by atoms with Crippen LogP contribution in [0.1, 0.15) is 20.3 Å². The van der Waals surface area contributed by atoms with Crippen LogP contribution in [-0.2, 0) is 9.59 Å². The van der Waals surface area contributed by atoms with Crippen LogP contribution in [0.15, 0.2) is 0 Å². The number of nitrogens with one attached hydrogen (secondary N) is 2. The first-order valence-electron chi connectivity index (χ1n) is 6.05. The molecule has 0 spiro atoms. The van der Waals surface area contributed by atoms with Gasteiger partial charge in [-0.1, -0.05) is 13.8 Å². The number of nitrogens with zero attached hydrogens (tertiary/aromatic N) is 1. The van der Waals surface area contributed by atoms with Crippen LogP contribution in [0.2, 0.25) is 0 Å². The first-order chi connectivity index (χ1) is 9.10. The van der Waals surface area contributed by atoms with Gasteiger partial charge in [0, 0.05) is 0 Å². The van der Waals surface area contributed by atoms with E-state index in [0.29, 0.717) is 11.3 Å². The number of halogens is 3. The molecule has 9 heteroatoms. The standard InChI is InChI=1S/C11H16F3N3O3/c1-6(2)3-7-9(19)17(10(20)16-7)4-8(18)15-5-11(12,13)14/h6-7H,3-5H2,1-2H3,(H,15,18)(H,16,20)/t7-/m0/s1. The molecule has 0 unspecified atom stereocenters. The number of carbonyl (C=O) groups is 3. The van der Waals surface area contributed by atoms with Gasteiger partial charge < -0.3 is 10.6 Å². The second-order valence-electron chi connectivity index (χ2n) is 4.95. The number of hydrogen-bond acceptors (Lipinski definition) is 3. The molecule has 1 fully saturated rings. The van der Waals surface area contributed by atoms with E-state index in [4.69, 9.17) is 0 Å². The van der Waals surface area contributed by atoms with E-state index in [1.807, 2.05) is 13.8 Å². The summed E-state index contributed by atoms with van der Waals surface area (Å²) in [5.41, 5.74) is 0. The fourth-order valence-corrected chi connectivity index (χ4v) is 1.76. The molecule has 0 aliphatic carbocycles. The van der Waals surface area contributed by atoms with Gasteiger partial charge in [0.1, 0.15) is 19.1 Å². The van der Waals surface area contributed by atoms with Crippen LogP contribution in [0.4, 0.5) is 18.0 Å². The molecule has 0 saturated carbocycles. The molecule has 1 atom stereocenters. The summed E-state index contributed by atoms with van der Waals surface area (Å²) >= 11 is 0. The van der Waals surface area contributed by atoms with E-state index in [-0.39, 0.29) is 5.92 Å². The van der Waals surface area contributed by atoms with E-state index < -0.39 is 43.2 Å². The highest BCUT2D eigenvalue weighted by atomic mass is 19.4. The molecule has 0 radical (unpaired) electrons. The minimum absolute atomic E-state index is 0.156. The molecule has 2 N–H and O–H groups in total. The Morgan fingerprint density at radius 1 is 1.40 bits per heavy atom. The van der Waals surface area contributed by atoms with Gasteiger partial charge in [0.25, 0.3) is 5.91 Å². The van der Waals surface area contributed by atoms with Gasteiger partial charge in [0.05, 0.1) is 0 Å². The largest absolute Gasteiger partial charge is 0.405 e. The van der Waals surface area contributed by atoms with Crippen molar-refractivity contribution >= 4 is 17.8 Å². The van der Waals surface area contributed by atoms with Gasteiger partial charge in [-0.05, 0) is 12.3 Å². The topological polar surface area (TPSA) is 78.5 Å². The van der Waals surface area contributed by atoms with Crippen molar-refractivity contribution in [1.29, 1.82) is 0 Å². The zero-order chi connectivity index (χ0) is 15.5. The summed E-state index contributed by atoms with van der Waals surface area (Å²) in [6, 6.07) is -1.49. The fourth-order valence-electron chi connectivity index (χ4n) is 1.76. The molecule has 114 valence electrons. The Morgan fingerprint density at radius 2 is 2.00 bits per heavy atom. The van der Waals surface area contributed by atoms with Gasteiger partial charge in [0.2, 0.25) is 5.91 Å². The van der Waals surface area contributed by atoms with Crippen molar-refractivity contribution in [2.24, 2.45) is 5.92 Å². The van der Waals surface area contributed by atoms with Crippen molar-refractivity contribution in [1.82, 2.24) is 15.5 Å². The quantitative estimate of drug-likeness (QED) is 0.730. The predicted molar refractivity (Wildman–Crippen MR) is 62.6 cm³/mol. The van der Waals surface area contributed by atoms with E-state index in [0.717, 1.165) is 0 Å². The summed E-state index contributed by atoms with van der Waals surface area (Å²) in [7, 11) is 0. The molecule has 4 amide bonds. The SMILES string of the molecule is CC(C)C[C@@H]1NC(=O)N(CC(=O)NCC(F)(F)F)C1=O. The second-order valence-corrected chi connectivity index (χ2v) is 4.95. The number of rotatable bonds is 5. The summed E-state index contributed by atoms with van der Waals surface area (Å²) in [5, 5.41) is 4.01. The Kier molecular flexibility index (Phi) is 4.96. The lowest BCUT2D eigenvalue weighted by atomic mass is 10.0. The number of carbonyl (C=O) groups excluding carboxylic acids is 3. The highest BCUT2D eigenvalue weighted by Gasteiger charge is 2.39. The molecule has 1 aliphatic heterocycles. The van der Waals surface area contributed by atoms with Gasteiger partial charge in [0.15, 0.2) is 0 Å². The van der Waals surface area contributed by atoms with E-state index in [2.05, 4.69) is 5.32 Å². The Bertz CT molecular complexity index is 409. The molecule has 0 aromatic carbocycles. The number of imide groups is 1. The molecule has 1 aliphatic rings. The van der Waals surface area contributed by atoms with Crippen LogP contribution in [0, 0.1) is 5.92 Å². The molecule has 20 heavy (non-hydrogen) atoms. The minimum Gasteiger partial charge on any atom is -0.345 e. The molecule has 0 bridgehead atoms. The van der Waals surface area contributed by atoms with Crippen molar-refractivity contribution in [3.05, 3.63) is 0 Å². The van der Waals surface area contributed by atoms with E-state index in [1.165, 1.54) is 0 Å². The van der Waals surface area contributed by atoms with Gasteiger partial charge in [-0.15, -0.1) is 0 Å². The van der Waals surface area contributed by atoms with Crippen LogP contribution in [0.5, 0.6) is 0 Å². The average molecular weight is 295 g/mol. The fraction of sp³-hybridized carbons (Fsp3) is 0.727. The molecular formula is C11H16F3N3O3. The van der Waals surface area contributed by atoms with Crippen LogP contribution in [-0.4, -0.2) is 48.1 Å². The van der Waals surface area contributed by atoms with Crippen molar-refractivity contribution in [2.75, 3.05) is 13.1 Å². The van der Waals surface area contributed by atoms with E-state index in [1.54, 1.807) is 5.32 Å². The zero-order valence-corrected chi connectivity index (χ0v) is 11.1. The Balaban J connectivity index is 2.53. The minimum atomic E-state index is -4.53. The average Bonchev–Trinajstić information content (AvgIpc) is 2.53. The maximum atomic E-state index is 11.9. The third kappa shape index (κ3) is 4.71. The molecule has 1 heterocycles. The highest BCUT2D eigenvalue weighted by Crippen LogP contribution is 2.14. The lowest BCUT2D eigenvalue weighted by Crippen LogP contribution is -2.43. The lowest BCUT2D eigenvalue weighted by Gasteiger charge is -2.14. The first-order valence-corrected chi connectivity index (χ1v) is 6.05. The lowest BCUT2D eigenvalue weighted by molar-refractivity contribution is -0.140. The van der Waals surface area contributed by atoms with Gasteiger partial charge in [-0.25, -0.2) is 4.79 Å². The molecular weight excluding hydrogens is 279 g/mol. The summed E-state index contributed by atoms with van der Waals surface area (Å²) in [6.45, 7) is 1.51. The number of amides is 4. The van der Waals surface area contributed by atoms with Crippen molar-refractivity contribution in [3.8, 4) is 0 Å². The zero-order valence-electron chi connectivity index (χ0n) is 11.1.